The molecule has 1 aliphatic heterocycles. The van der Waals surface area contributed by atoms with Crippen molar-refractivity contribution in [2.45, 2.75) is 20.3 Å². The molecule has 0 atom stereocenters. The molecule has 1 amide bonds. The standard InChI is InChI=1S/C19H20N2O/c1-3-4-14-5-8-17(13(2)11-14)19(22)21-16-7-6-15-9-10-20-18(15)12-16/h3-8,11-12,20H,9-10H2,1-2H3,(H,21,22)/b4-3+. The predicted octanol–water partition coefficient (Wildman–Crippen LogP) is 4.25. The average molecular weight is 292 g/mol. The van der Waals surface area contributed by atoms with Crippen LogP contribution in [0.2, 0.25) is 0 Å². The van der Waals surface area contributed by atoms with Gasteiger partial charge in [0.05, 0.1) is 0 Å². The van der Waals surface area contributed by atoms with E-state index >= 15 is 0 Å². The lowest BCUT2D eigenvalue weighted by Crippen LogP contribution is -2.13. The molecule has 0 aliphatic carbocycles. The second kappa shape index (κ2) is 6.06. The molecule has 0 unspecified atom stereocenters. The van der Waals surface area contributed by atoms with Crippen LogP contribution in [0.25, 0.3) is 6.08 Å². The molecule has 2 aromatic carbocycles. The van der Waals surface area contributed by atoms with Crippen molar-refractivity contribution in [3.05, 3.63) is 64.7 Å². The summed E-state index contributed by atoms with van der Waals surface area (Å²) >= 11 is 0. The number of rotatable bonds is 3. The van der Waals surface area contributed by atoms with E-state index in [0.29, 0.717) is 5.56 Å². The summed E-state index contributed by atoms with van der Waals surface area (Å²) in [5.74, 6) is -0.0672. The van der Waals surface area contributed by atoms with Crippen LogP contribution < -0.4 is 10.6 Å². The van der Waals surface area contributed by atoms with Gasteiger partial charge < -0.3 is 10.6 Å². The zero-order chi connectivity index (χ0) is 15.5. The third-order valence-corrected chi connectivity index (χ3v) is 3.93. The number of carbonyl (C=O) groups is 1. The van der Waals surface area contributed by atoms with Crippen molar-refractivity contribution >= 4 is 23.4 Å². The molecule has 0 aromatic heterocycles. The highest BCUT2D eigenvalue weighted by Gasteiger charge is 2.13. The fourth-order valence-corrected chi connectivity index (χ4v) is 2.80. The summed E-state index contributed by atoms with van der Waals surface area (Å²) in [6.45, 7) is 4.92. The fourth-order valence-electron chi connectivity index (χ4n) is 2.80. The zero-order valence-corrected chi connectivity index (χ0v) is 12.9. The van der Waals surface area contributed by atoms with E-state index in [9.17, 15) is 4.79 Å². The van der Waals surface area contributed by atoms with E-state index in [1.807, 2.05) is 56.3 Å². The van der Waals surface area contributed by atoms with Crippen LogP contribution in [-0.2, 0) is 6.42 Å². The minimum absolute atomic E-state index is 0.0672. The van der Waals surface area contributed by atoms with Gasteiger partial charge >= 0.3 is 0 Å². The minimum Gasteiger partial charge on any atom is -0.384 e. The van der Waals surface area contributed by atoms with Crippen LogP contribution >= 0.6 is 0 Å². The lowest BCUT2D eigenvalue weighted by atomic mass is 10.0. The number of carbonyl (C=O) groups excluding carboxylic acids is 1. The van der Waals surface area contributed by atoms with Gasteiger partial charge in [0.2, 0.25) is 0 Å². The monoisotopic (exact) mass is 292 g/mol. The molecule has 112 valence electrons. The van der Waals surface area contributed by atoms with Crippen LogP contribution in [0.3, 0.4) is 0 Å². The Balaban J connectivity index is 1.80. The highest BCUT2D eigenvalue weighted by molar-refractivity contribution is 6.05. The molecule has 0 fully saturated rings. The van der Waals surface area contributed by atoms with Crippen molar-refractivity contribution in [2.75, 3.05) is 17.2 Å². The van der Waals surface area contributed by atoms with Crippen LogP contribution in [-0.4, -0.2) is 12.5 Å². The Hall–Kier alpha value is -2.55. The molecule has 0 saturated heterocycles. The Labute approximate surface area is 131 Å². The highest BCUT2D eigenvalue weighted by atomic mass is 16.1. The predicted molar refractivity (Wildman–Crippen MR) is 92.5 cm³/mol. The molecule has 0 saturated carbocycles. The zero-order valence-electron chi connectivity index (χ0n) is 12.9. The average Bonchev–Trinajstić information content (AvgIpc) is 2.95. The maximum absolute atomic E-state index is 12.5. The third-order valence-electron chi connectivity index (χ3n) is 3.93. The van der Waals surface area contributed by atoms with Crippen LogP contribution in [0.15, 0.2) is 42.5 Å². The molecule has 1 aliphatic rings. The summed E-state index contributed by atoms with van der Waals surface area (Å²) in [7, 11) is 0. The van der Waals surface area contributed by atoms with Crippen LogP contribution in [0.1, 0.15) is 34.0 Å². The molecule has 2 aromatic rings. The van der Waals surface area contributed by atoms with Crippen molar-refractivity contribution < 1.29 is 4.79 Å². The van der Waals surface area contributed by atoms with Crippen molar-refractivity contribution in [3.8, 4) is 0 Å². The van der Waals surface area contributed by atoms with Gasteiger partial charge in [-0.05, 0) is 55.2 Å². The van der Waals surface area contributed by atoms with E-state index in [1.54, 1.807) is 0 Å². The second-order valence-corrected chi connectivity index (χ2v) is 5.58. The number of aryl methyl sites for hydroxylation is 1. The Bertz CT molecular complexity index is 747. The maximum Gasteiger partial charge on any atom is 0.255 e. The molecule has 0 bridgehead atoms. The Morgan fingerprint density at radius 1 is 1.23 bits per heavy atom. The van der Waals surface area contributed by atoms with E-state index in [0.717, 1.165) is 35.5 Å². The molecule has 3 heteroatoms. The van der Waals surface area contributed by atoms with Crippen molar-refractivity contribution in [2.24, 2.45) is 0 Å². The van der Waals surface area contributed by atoms with E-state index in [2.05, 4.69) is 16.7 Å². The van der Waals surface area contributed by atoms with Gasteiger partial charge in [0.1, 0.15) is 0 Å². The number of anilines is 2. The number of hydrogen-bond donors (Lipinski definition) is 2. The number of hydrogen-bond acceptors (Lipinski definition) is 2. The van der Waals surface area contributed by atoms with Crippen LogP contribution in [0.5, 0.6) is 0 Å². The number of nitrogens with one attached hydrogen (secondary N) is 2. The number of fused-ring (bicyclic) bond motifs is 1. The number of amides is 1. The SMILES string of the molecule is C/C=C/c1ccc(C(=O)Nc2ccc3c(c2)NCC3)c(C)c1. The lowest BCUT2D eigenvalue weighted by molar-refractivity contribution is 0.102. The van der Waals surface area contributed by atoms with Crippen molar-refractivity contribution in [1.82, 2.24) is 0 Å². The first kappa shape index (κ1) is 14.4. The Morgan fingerprint density at radius 3 is 2.86 bits per heavy atom. The van der Waals surface area contributed by atoms with E-state index in [-0.39, 0.29) is 5.91 Å². The second-order valence-electron chi connectivity index (χ2n) is 5.58. The number of benzene rings is 2. The lowest BCUT2D eigenvalue weighted by Gasteiger charge is -2.10. The molecule has 1 heterocycles. The van der Waals surface area contributed by atoms with Gasteiger partial charge in [-0.15, -0.1) is 0 Å². The quantitative estimate of drug-likeness (QED) is 0.888. The molecular formula is C19H20N2O. The van der Waals surface area contributed by atoms with E-state index in [1.165, 1.54) is 5.56 Å². The molecule has 22 heavy (non-hydrogen) atoms. The van der Waals surface area contributed by atoms with Crippen molar-refractivity contribution in [1.29, 1.82) is 0 Å². The highest BCUT2D eigenvalue weighted by Crippen LogP contribution is 2.26. The van der Waals surface area contributed by atoms with Crippen LogP contribution in [0, 0.1) is 6.92 Å². The van der Waals surface area contributed by atoms with Gasteiger partial charge in [-0.25, -0.2) is 0 Å². The molecule has 0 radical (unpaired) electrons. The summed E-state index contributed by atoms with van der Waals surface area (Å²) in [6.07, 6.45) is 5.07. The normalized spacial score (nSPS) is 13.0. The Kier molecular flexibility index (Phi) is 3.96. The van der Waals surface area contributed by atoms with Gasteiger partial charge in [0, 0.05) is 23.5 Å². The summed E-state index contributed by atoms with van der Waals surface area (Å²) in [5.41, 5.74) is 6.06. The summed E-state index contributed by atoms with van der Waals surface area (Å²) in [5, 5.41) is 6.31. The third kappa shape index (κ3) is 2.89. The fraction of sp³-hybridized carbons (Fsp3) is 0.211. The first-order valence-electron chi connectivity index (χ1n) is 7.59. The van der Waals surface area contributed by atoms with Gasteiger partial charge in [-0.1, -0.05) is 30.4 Å². The first-order chi connectivity index (χ1) is 10.7. The summed E-state index contributed by atoms with van der Waals surface area (Å²) < 4.78 is 0. The number of allylic oxidation sites excluding steroid dienone is 1. The summed E-state index contributed by atoms with van der Waals surface area (Å²) in [4.78, 5) is 12.5. The topological polar surface area (TPSA) is 41.1 Å². The Morgan fingerprint density at radius 2 is 2.09 bits per heavy atom. The molecule has 2 N–H and O–H groups in total. The maximum atomic E-state index is 12.5. The molecule has 3 nitrogen and oxygen atoms in total. The smallest absolute Gasteiger partial charge is 0.255 e. The minimum atomic E-state index is -0.0672. The van der Waals surface area contributed by atoms with E-state index < -0.39 is 0 Å². The molecular weight excluding hydrogens is 272 g/mol. The van der Waals surface area contributed by atoms with Gasteiger partial charge in [-0.2, -0.15) is 0 Å². The van der Waals surface area contributed by atoms with Crippen molar-refractivity contribution in [3.63, 3.8) is 0 Å². The van der Waals surface area contributed by atoms with Gasteiger partial charge in [-0.3, -0.25) is 4.79 Å². The van der Waals surface area contributed by atoms with Gasteiger partial charge in [0.25, 0.3) is 5.91 Å². The largest absolute Gasteiger partial charge is 0.384 e. The van der Waals surface area contributed by atoms with Crippen LogP contribution in [0.4, 0.5) is 11.4 Å². The first-order valence-corrected chi connectivity index (χ1v) is 7.59. The van der Waals surface area contributed by atoms with E-state index in [4.69, 9.17) is 0 Å². The summed E-state index contributed by atoms with van der Waals surface area (Å²) in [6, 6.07) is 11.9. The van der Waals surface area contributed by atoms with Gasteiger partial charge in [0.15, 0.2) is 0 Å². The molecule has 0 spiro atoms. The molecule has 3 rings (SSSR count).